The molecule has 4 rings (SSSR count). The van der Waals surface area contributed by atoms with E-state index in [9.17, 15) is 19.2 Å². The number of nitrogens with zero attached hydrogens (tertiary/aromatic N) is 2. The molecule has 2 heterocycles. The molecule has 0 saturated carbocycles. The summed E-state index contributed by atoms with van der Waals surface area (Å²) in [4.78, 5) is 52.5. The molecule has 2 aromatic carbocycles. The molecule has 3 atom stereocenters. The number of amides is 1. The second kappa shape index (κ2) is 11.3. The molecule has 0 bridgehead atoms. The minimum Gasteiger partial charge on any atom is -0.459 e. The average molecular weight is 527 g/mol. The van der Waals surface area contributed by atoms with Gasteiger partial charge in [0.25, 0.3) is 5.92 Å². The van der Waals surface area contributed by atoms with Crippen molar-refractivity contribution in [3.63, 3.8) is 0 Å². The van der Waals surface area contributed by atoms with Gasteiger partial charge in [0.05, 0.1) is 17.5 Å². The molecule has 1 saturated heterocycles. The van der Waals surface area contributed by atoms with E-state index < -0.39 is 60.9 Å². The van der Waals surface area contributed by atoms with Crippen LogP contribution in [0.1, 0.15) is 40.3 Å². The third-order valence-corrected chi connectivity index (χ3v) is 5.61. The van der Waals surface area contributed by atoms with E-state index in [2.05, 4.69) is 10.3 Å². The van der Waals surface area contributed by atoms with Gasteiger partial charge in [0.1, 0.15) is 24.8 Å². The van der Waals surface area contributed by atoms with Crippen LogP contribution in [0.25, 0.3) is 0 Å². The van der Waals surface area contributed by atoms with Gasteiger partial charge in [0, 0.05) is 13.1 Å². The topological polar surface area (TPSA) is 126 Å². The summed E-state index contributed by atoms with van der Waals surface area (Å²) in [7, 11) is 0. The first kappa shape index (κ1) is 26.6. The summed E-state index contributed by atoms with van der Waals surface area (Å²) in [6, 6.07) is 16.7. The first-order valence-electron chi connectivity index (χ1n) is 11.5. The van der Waals surface area contributed by atoms with Gasteiger partial charge in [-0.05, 0) is 30.3 Å². The van der Waals surface area contributed by atoms with E-state index in [-0.39, 0.29) is 16.9 Å². The Balaban J connectivity index is 1.60. The van der Waals surface area contributed by atoms with E-state index in [1.54, 1.807) is 36.4 Å². The van der Waals surface area contributed by atoms with E-state index in [1.165, 1.54) is 37.3 Å². The predicted molar refractivity (Wildman–Crippen MR) is 129 cm³/mol. The summed E-state index contributed by atoms with van der Waals surface area (Å²) >= 11 is 0. The number of aromatic nitrogens is 2. The van der Waals surface area contributed by atoms with Crippen LogP contribution in [-0.2, 0) is 19.0 Å². The number of hydrogen-bond donors (Lipinski definition) is 1. The van der Waals surface area contributed by atoms with E-state index in [0.717, 1.165) is 10.8 Å². The predicted octanol–water partition coefficient (Wildman–Crippen LogP) is 3.21. The molecule has 0 aliphatic carbocycles. The van der Waals surface area contributed by atoms with Crippen LogP contribution in [0, 0.1) is 0 Å². The number of esters is 2. The molecule has 1 N–H and O–H groups in total. The van der Waals surface area contributed by atoms with Crippen molar-refractivity contribution in [1.29, 1.82) is 0 Å². The van der Waals surface area contributed by atoms with Crippen molar-refractivity contribution in [2.45, 2.75) is 37.7 Å². The second-order valence-corrected chi connectivity index (χ2v) is 8.43. The quantitative estimate of drug-likeness (QED) is 0.465. The lowest BCUT2D eigenvalue weighted by Gasteiger charge is -2.41. The number of halogens is 2. The van der Waals surface area contributed by atoms with E-state index in [1.807, 2.05) is 0 Å². The smallest absolute Gasteiger partial charge is 0.351 e. The molecule has 0 unspecified atom stereocenters. The van der Waals surface area contributed by atoms with Crippen molar-refractivity contribution in [1.82, 2.24) is 9.55 Å². The molecule has 10 nitrogen and oxygen atoms in total. The van der Waals surface area contributed by atoms with Gasteiger partial charge in [-0.1, -0.05) is 36.4 Å². The number of hydrogen-bond acceptors (Lipinski definition) is 8. The Hall–Kier alpha value is -4.45. The largest absolute Gasteiger partial charge is 0.459 e. The molecule has 0 spiro atoms. The summed E-state index contributed by atoms with van der Waals surface area (Å²) in [5.41, 5.74) is -0.741. The standard InChI is InChI=1S/C26H23F2N3O7/c1-16(32)29-20-12-13-31(25(35)30-20)21-14-26(27,28)22(38-24(34)18-10-6-3-7-11-18)19(37-21)15-36-23(33)17-8-4-2-5-9-17/h2-13,19,21-22H,14-15H2,1H3,(H,29,30,32,35)/t19-,21+,22-/m1/s1. The Bertz CT molecular complexity index is 1370. The van der Waals surface area contributed by atoms with Crippen molar-refractivity contribution in [3.8, 4) is 0 Å². The fraction of sp³-hybridized carbons (Fsp3) is 0.269. The third-order valence-electron chi connectivity index (χ3n) is 5.61. The molecule has 1 amide bonds. The number of carbonyl (C=O) groups is 3. The number of nitrogens with one attached hydrogen (secondary N) is 1. The molecular formula is C26H23F2N3O7. The van der Waals surface area contributed by atoms with Crippen molar-refractivity contribution >= 4 is 23.7 Å². The number of carbonyl (C=O) groups excluding carboxylic acids is 3. The first-order chi connectivity index (χ1) is 18.1. The summed E-state index contributed by atoms with van der Waals surface area (Å²) in [6.45, 7) is 0.523. The maximum Gasteiger partial charge on any atom is 0.351 e. The Morgan fingerprint density at radius 2 is 1.63 bits per heavy atom. The van der Waals surface area contributed by atoms with Gasteiger partial charge in [-0.15, -0.1) is 0 Å². The minimum atomic E-state index is -3.69. The maximum absolute atomic E-state index is 15.5. The lowest BCUT2D eigenvalue weighted by Crippen LogP contribution is -2.55. The van der Waals surface area contributed by atoms with Crippen LogP contribution in [0.5, 0.6) is 0 Å². The van der Waals surface area contributed by atoms with Crippen LogP contribution in [0.2, 0.25) is 0 Å². The molecule has 1 aliphatic rings. The highest BCUT2D eigenvalue weighted by molar-refractivity contribution is 5.90. The molecule has 0 radical (unpaired) electrons. The van der Waals surface area contributed by atoms with Gasteiger partial charge >= 0.3 is 17.6 Å². The molecule has 38 heavy (non-hydrogen) atoms. The zero-order valence-corrected chi connectivity index (χ0v) is 20.1. The monoisotopic (exact) mass is 527 g/mol. The molecule has 12 heteroatoms. The summed E-state index contributed by atoms with van der Waals surface area (Å²) < 4.78 is 47.9. The van der Waals surface area contributed by atoms with Gasteiger partial charge in [-0.3, -0.25) is 9.36 Å². The highest BCUT2D eigenvalue weighted by atomic mass is 19.3. The fourth-order valence-electron chi connectivity index (χ4n) is 3.85. The van der Waals surface area contributed by atoms with Crippen molar-refractivity contribution in [3.05, 3.63) is 94.5 Å². The van der Waals surface area contributed by atoms with Crippen LogP contribution in [0.15, 0.2) is 77.7 Å². The van der Waals surface area contributed by atoms with E-state index in [0.29, 0.717) is 0 Å². The first-order valence-corrected chi connectivity index (χ1v) is 11.5. The molecule has 198 valence electrons. The number of rotatable bonds is 7. The maximum atomic E-state index is 15.5. The lowest BCUT2D eigenvalue weighted by atomic mass is 9.99. The van der Waals surface area contributed by atoms with Gasteiger partial charge < -0.3 is 19.5 Å². The second-order valence-electron chi connectivity index (χ2n) is 8.43. The zero-order valence-electron chi connectivity index (χ0n) is 20.1. The van der Waals surface area contributed by atoms with Gasteiger partial charge in [0.2, 0.25) is 5.91 Å². The molecule has 1 aromatic heterocycles. The van der Waals surface area contributed by atoms with Crippen molar-refractivity contribution < 1.29 is 37.4 Å². The zero-order chi connectivity index (χ0) is 27.3. The van der Waals surface area contributed by atoms with Crippen LogP contribution in [-0.4, -0.2) is 52.1 Å². The lowest BCUT2D eigenvalue weighted by molar-refractivity contribution is -0.258. The third kappa shape index (κ3) is 6.27. The van der Waals surface area contributed by atoms with E-state index in [4.69, 9.17) is 14.2 Å². The summed E-state index contributed by atoms with van der Waals surface area (Å²) in [6.07, 6.45) is -5.19. The number of ether oxygens (including phenoxy) is 3. The summed E-state index contributed by atoms with van der Waals surface area (Å²) in [5, 5.41) is 2.33. The SMILES string of the molecule is CC(=O)Nc1ccn([C@@H]2CC(F)(F)[C@H](OC(=O)c3ccccc3)[C@@H](COC(=O)c3ccccc3)O2)c(=O)n1. The molecular weight excluding hydrogens is 504 g/mol. The van der Waals surface area contributed by atoms with Crippen LogP contribution < -0.4 is 11.0 Å². The van der Waals surface area contributed by atoms with Crippen LogP contribution in [0.3, 0.4) is 0 Å². The van der Waals surface area contributed by atoms with Gasteiger partial charge in [-0.2, -0.15) is 4.98 Å². The van der Waals surface area contributed by atoms with E-state index >= 15 is 8.78 Å². The molecule has 1 fully saturated rings. The van der Waals surface area contributed by atoms with Crippen LogP contribution >= 0.6 is 0 Å². The normalized spacial score (nSPS) is 20.2. The number of alkyl halides is 2. The Morgan fingerprint density at radius 3 is 2.21 bits per heavy atom. The highest BCUT2D eigenvalue weighted by Gasteiger charge is 2.55. The van der Waals surface area contributed by atoms with Crippen molar-refractivity contribution in [2.24, 2.45) is 0 Å². The average Bonchev–Trinajstić information content (AvgIpc) is 2.89. The fourth-order valence-corrected chi connectivity index (χ4v) is 3.85. The molecule has 1 aliphatic heterocycles. The Kier molecular flexibility index (Phi) is 7.91. The summed E-state index contributed by atoms with van der Waals surface area (Å²) in [5.74, 6) is -6.04. The van der Waals surface area contributed by atoms with Crippen molar-refractivity contribution in [2.75, 3.05) is 11.9 Å². The Labute approximate surface area is 215 Å². The van der Waals surface area contributed by atoms with Gasteiger partial charge in [0.15, 0.2) is 6.10 Å². The highest BCUT2D eigenvalue weighted by Crippen LogP contribution is 2.40. The number of benzene rings is 2. The minimum absolute atomic E-state index is 0.0411. The Morgan fingerprint density at radius 1 is 1.03 bits per heavy atom. The van der Waals surface area contributed by atoms with Gasteiger partial charge in [-0.25, -0.2) is 23.2 Å². The molecule has 3 aromatic rings. The van der Waals surface area contributed by atoms with Crippen LogP contribution in [0.4, 0.5) is 14.6 Å². The number of anilines is 1.